The first-order chi connectivity index (χ1) is 8.84. The molecular weight excluding hydrogens is 224 g/mol. The van der Waals surface area contributed by atoms with Crippen LogP contribution >= 0.6 is 0 Å². The Labute approximate surface area is 110 Å². The summed E-state index contributed by atoms with van der Waals surface area (Å²) in [5.74, 6) is 0.895. The van der Waals surface area contributed by atoms with Crippen LogP contribution in [-0.4, -0.2) is 19.2 Å². The van der Waals surface area contributed by atoms with Crippen molar-refractivity contribution < 1.29 is 4.74 Å². The summed E-state index contributed by atoms with van der Waals surface area (Å²) in [5.41, 5.74) is 6.40. The van der Waals surface area contributed by atoms with E-state index in [1.54, 1.807) is 0 Å². The molecule has 0 amide bonds. The molecule has 0 spiro atoms. The summed E-state index contributed by atoms with van der Waals surface area (Å²) < 4.78 is 5.67. The van der Waals surface area contributed by atoms with E-state index in [9.17, 15) is 0 Å². The zero-order chi connectivity index (χ0) is 12.6. The fourth-order valence-corrected chi connectivity index (χ4v) is 2.48. The average molecular weight is 248 g/mol. The molecule has 0 heterocycles. The van der Waals surface area contributed by atoms with E-state index in [0.29, 0.717) is 6.04 Å². The monoisotopic (exact) mass is 248 g/mol. The van der Waals surface area contributed by atoms with Crippen LogP contribution in [0.2, 0.25) is 0 Å². The van der Waals surface area contributed by atoms with Crippen molar-refractivity contribution in [2.24, 2.45) is 0 Å². The highest BCUT2D eigenvalue weighted by atomic mass is 16.5. The van der Waals surface area contributed by atoms with E-state index in [4.69, 9.17) is 10.5 Å². The number of hydrogen-bond donors (Lipinski definition) is 2. The van der Waals surface area contributed by atoms with E-state index in [-0.39, 0.29) is 0 Å². The molecule has 1 aliphatic carbocycles. The predicted molar refractivity (Wildman–Crippen MR) is 75.8 cm³/mol. The van der Waals surface area contributed by atoms with Crippen molar-refractivity contribution in [2.75, 3.05) is 18.9 Å². The lowest BCUT2D eigenvalue weighted by Crippen LogP contribution is -2.32. The van der Waals surface area contributed by atoms with Crippen LogP contribution in [0.4, 0.5) is 5.69 Å². The highest BCUT2D eigenvalue weighted by Crippen LogP contribution is 2.17. The highest BCUT2D eigenvalue weighted by Gasteiger charge is 2.10. The summed E-state index contributed by atoms with van der Waals surface area (Å²) >= 11 is 0. The minimum absolute atomic E-state index is 0.697. The summed E-state index contributed by atoms with van der Waals surface area (Å²) in [5, 5.41) is 3.59. The Hall–Kier alpha value is -1.22. The maximum Gasteiger partial charge on any atom is 0.119 e. The molecule has 3 nitrogen and oxygen atoms in total. The Balaban J connectivity index is 1.61. The van der Waals surface area contributed by atoms with E-state index in [1.165, 1.54) is 38.5 Å². The maximum atomic E-state index is 5.67. The summed E-state index contributed by atoms with van der Waals surface area (Å²) in [6, 6.07) is 8.27. The van der Waals surface area contributed by atoms with E-state index in [1.807, 2.05) is 24.3 Å². The molecule has 100 valence electrons. The smallest absolute Gasteiger partial charge is 0.119 e. The van der Waals surface area contributed by atoms with Crippen LogP contribution in [0.25, 0.3) is 0 Å². The van der Waals surface area contributed by atoms with Crippen LogP contribution in [0.5, 0.6) is 5.75 Å². The van der Waals surface area contributed by atoms with Gasteiger partial charge in [-0.25, -0.2) is 0 Å². The van der Waals surface area contributed by atoms with Gasteiger partial charge in [0.25, 0.3) is 0 Å². The van der Waals surface area contributed by atoms with Gasteiger partial charge in [-0.3, -0.25) is 0 Å². The molecule has 3 heteroatoms. The molecule has 1 saturated carbocycles. The number of nitrogens with one attached hydrogen (secondary N) is 1. The summed E-state index contributed by atoms with van der Waals surface area (Å²) in [4.78, 5) is 0. The van der Waals surface area contributed by atoms with Gasteiger partial charge in [-0.1, -0.05) is 25.7 Å². The Morgan fingerprint density at radius 1 is 1.06 bits per heavy atom. The highest BCUT2D eigenvalue weighted by molar-refractivity contribution is 5.41. The average Bonchev–Trinajstić information content (AvgIpc) is 2.65. The van der Waals surface area contributed by atoms with Crippen LogP contribution < -0.4 is 15.8 Å². The number of hydrogen-bond acceptors (Lipinski definition) is 3. The quantitative estimate of drug-likeness (QED) is 0.478. The minimum atomic E-state index is 0.697. The van der Waals surface area contributed by atoms with Gasteiger partial charge < -0.3 is 15.8 Å². The first-order valence-corrected chi connectivity index (χ1v) is 7.06. The van der Waals surface area contributed by atoms with E-state index in [2.05, 4.69) is 5.32 Å². The number of rotatable bonds is 5. The van der Waals surface area contributed by atoms with Crippen molar-refractivity contribution >= 4 is 5.69 Å². The summed E-state index contributed by atoms with van der Waals surface area (Å²) in [6.07, 6.45) is 8.19. The Kier molecular flexibility index (Phi) is 5.34. The van der Waals surface area contributed by atoms with Crippen LogP contribution in [0, 0.1) is 0 Å². The SMILES string of the molecule is Nc1ccc(OCCNC2CCCCCC2)cc1. The second-order valence-corrected chi connectivity index (χ2v) is 5.06. The first kappa shape index (κ1) is 13.2. The largest absolute Gasteiger partial charge is 0.492 e. The van der Waals surface area contributed by atoms with Crippen LogP contribution in [0.3, 0.4) is 0 Å². The topological polar surface area (TPSA) is 47.3 Å². The van der Waals surface area contributed by atoms with Gasteiger partial charge in [0.05, 0.1) is 0 Å². The molecule has 1 fully saturated rings. The molecule has 2 rings (SSSR count). The van der Waals surface area contributed by atoms with Crippen molar-refractivity contribution in [2.45, 2.75) is 44.6 Å². The molecule has 1 aromatic carbocycles. The van der Waals surface area contributed by atoms with Gasteiger partial charge in [0.1, 0.15) is 12.4 Å². The lowest BCUT2D eigenvalue weighted by atomic mass is 10.1. The third kappa shape index (κ3) is 4.57. The summed E-state index contributed by atoms with van der Waals surface area (Å²) in [6.45, 7) is 1.65. The number of nitrogen functional groups attached to an aromatic ring is 1. The molecule has 18 heavy (non-hydrogen) atoms. The van der Waals surface area contributed by atoms with Gasteiger partial charge in [0.2, 0.25) is 0 Å². The fraction of sp³-hybridized carbons (Fsp3) is 0.600. The van der Waals surface area contributed by atoms with Crippen molar-refractivity contribution in [3.05, 3.63) is 24.3 Å². The second kappa shape index (κ2) is 7.27. The standard InChI is InChI=1S/C15H24N2O/c16-13-7-9-15(10-8-13)18-12-11-17-14-5-3-1-2-4-6-14/h7-10,14,17H,1-6,11-12,16H2. The molecule has 0 bridgehead atoms. The van der Waals surface area contributed by atoms with Crippen molar-refractivity contribution in [1.82, 2.24) is 5.32 Å². The van der Waals surface area contributed by atoms with E-state index in [0.717, 1.165) is 24.6 Å². The third-order valence-corrected chi connectivity index (χ3v) is 3.54. The Bertz CT molecular complexity index is 329. The van der Waals surface area contributed by atoms with Gasteiger partial charge in [-0.15, -0.1) is 0 Å². The lowest BCUT2D eigenvalue weighted by Gasteiger charge is -2.16. The van der Waals surface area contributed by atoms with Gasteiger partial charge in [0, 0.05) is 18.3 Å². The third-order valence-electron chi connectivity index (χ3n) is 3.54. The van der Waals surface area contributed by atoms with Crippen LogP contribution in [0.1, 0.15) is 38.5 Å². The number of ether oxygens (including phenoxy) is 1. The zero-order valence-corrected chi connectivity index (χ0v) is 11.0. The molecule has 3 N–H and O–H groups in total. The normalized spacial score (nSPS) is 17.3. The molecular formula is C15H24N2O. The van der Waals surface area contributed by atoms with Gasteiger partial charge in [-0.05, 0) is 37.1 Å². The van der Waals surface area contributed by atoms with Crippen LogP contribution in [0.15, 0.2) is 24.3 Å². The van der Waals surface area contributed by atoms with Gasteiger partial charge in [0.15, 0.2) is 0 Å². The predicted octanol–water partition coefficient (Wildman–Crippen LogP) is 2.96. The zero-order valence-electron chi connectivity index (χ0n) is 11.0. The van der Waals surface area contributed by atoms with Crippen molar-refractivity contribution in [3.63, 3.8) is 0 Å². The van der Waals surface area contributed by atoms with Crippen LogP contribution in [-0.2, 0) is 0 Å². The lowest BCUT2D eigenvalue weighted by molar-refractivity contribution is 0.300. The number of anilines is 1. The molecule has 0 atom stereocenters. The Morgan fingerprint density at radius 3 is 2.39 bits per heavy atom. The molecule has 0 aliphatic heterocycles. The number of nitrogens with two attached hydrogens (primary N) is 1. The molecule has 1 aromatic rings. The second-order valence-electron chi connectivity index (χ2n) is 5.06. The molecule has 0 saturated heterocycles. The van der Waals surface area contributed by atoms with E-state index < -0.39 is 0 Å². The number of benzene rings is 1. The first-order valence-electron chi connectivity index (χ1n) is 7.06. The molecule has 0 aromatic heterocycles. The summed E-state index contributed by atoms with van der Waals surface area (Å²) in [7, 11) is 0. The molecule has 1 aliphatic rings. The maximum absolute atomic E-state index is 5.67. The van der Waals surface area contributed by atoms with E-state index >= 15 is 0 Å². The molecule has 0 unspecified atom stereocenters. The Morgan fingerprint density at radius 2 is 1.72 bits per heavy atom. The van der Waals surface area contributed by atoms with Crippen molar-refractivity contribution in [3.8, 4) is 5.75 Å². The van der Waals surface area contributed by atoms with Gasteiger partial charge >= 0.3 is 0 Å². The minimum Gasteiger partial charge on any atom is -0.492 e. The fourth-order valence-electron chi connectivity index (χ4n) is 2.48. The van der Waals surface area contributed by atoms with Gasteiger partial charge in [-0.2, -0.15) is 0 Å². The molecule has 0 radical (unpaired) electrons. The van der Waals surface area contributed by atoms with Crippen molar-refractivity contribution in [1.29, 1.82) is 0 Å².